The third-order valence-corrected chi connectivity index (χ3v) is 10.8. The topological polar surface area (TPSA) is 96.9 Å². The molecule has 0 saturated heterocycles. The third-order valence-electron chi connectivity index (χ3n) is 6.32. The van der Waals surface area contributed by atoms with E-state index < -0.39 is 18.7 Å². The molecule has 0 aliphatic rings. The number of esters is 1. The molecule has 0 N–H and O–H groups in total. The fourth-order valence-corrected chi connectivity index (χ4v) is 7.75. The second-order valence-electron chi connectivity index (χ2n) is 11.1. The Kier molecular flexibility index (Phi) is 9.09. The van der Waals surface area contributed by atoms with Gasteiger partial charge in [0.25, 0.3) is 0 Å². The molecule has 0 fully saturated rings. The first-order chi connectivity index (χ1) is 18.6. The molecule has 206 valence electrons. The number of carbonyl (C=O) groups is 1. The number of aryl methyl sites for hydroxylation is 1. The summed E-state index contributed by atoms with van der Waals surface area (Å²) in [6.45, 7) is 6.30. The average molecular weight is 637 g/mol. The maximum absolute atomic E-state index is 12.0. The fraction of sp³-hybridized carbons (Fsp3) is 0.414. The van der Waals surface area contributed by atoms with Crippen LogP contribution in [0.25, 0.3) is 22.5 Å². The predicted octanol–water partition coefficient (Wildman–Crippen LogP) is 5.15. The Hall–Kier alpha value is -3.21. The number of nitrogens with zero attached hydrogens (tertiary/aromatic N) is 6. The molecule has 39 heavy (non-hydrogen) atoms. The van der Waals surface area contributed by atoms with Crippen molar-refractivity contribution in [3.63, 3.8) is 0 Å². The van der Waals surface area contributed by atoms with Gasteiger partial charge in [-0.2, -0.15) is 0 Å². The molecule has 9 nitrogen and oxygen atoms in total. The molecule has 2 heterocycles. The normalized spacial score (nSPS) is 11.7. The minimum absolute atomic E-state index is 0.143. The first-order valence-electron chi connectivity index (χ1n) is 13.4. The minimum atomic E-state index is -2.58. The molecule has 0 aliphatic heterocycles. The molecule has 0 spiro atoms. The number of rotatable bonds is 11. The molecule has 0 amide bonds. The Morgan fingerprint density at radius 1 is 1.03 bits per heavy atom. The van der Waals surface area contributed by atoms with Crippen LogP contribution in [0.15, 0.2) is 48.5 Å². The van der Waals surface area contributed by atoms with E-state index in [1.165, 1.54) is 0 Å². The van der Waals surface area contributed by atoms with Crippen LogP contribution < -0.4 is 4.74 Å². The Balaban J connectivity index is 1.64. The molecule has 4 aromatic rings. The van der Waals surface area contributed by atoms with Crippen molar-refractivity contribution in [2.45, 2.75) is 48.4 Å². The average Bonchev–Trinajstić information content (AvgIpc) is 3.48. The van der Waals surface area contributed by atoms with Crippen LogP contribution in [0.3, 0.4) is 0 Å². The molecule has 4 rings (SSSR count). The zero-order valence-electron chi connectivity index (χ0n) is 23.9. The van der Waals surface area contributed by atoms with Gasteiger partial charge in [0, 0.05) is 7.05 Å². The van der Waals surface area contributed by atoms with Crippen LogP contribution in [0, 0.1) is 5.92 Å². The number of hydrogen-bond acceptors (Lipinski definition) is 7. The molecule has 0 atom stereocenters. The summed E-state index contributed by atoms with van der Waals surface area (Å²) in [6, 6.07) is 16.8. The Labute approximate surface area is 234 Å². The van der Waals surface area contributed by atoms with Crippen LogP contribution in [-0.2, 0) is 29.4 Å². The predicted molar refractivity (Wildman–Crippen MR) is 154 cm³/mol. The van der Waals surface area contributed by atoms with Crippen molar-refractivity contribution in [3.8, 4) is 28.4 Å². The van der Waals surface area contributed by atoms with E-state index in [-0.39, 0.29) is 12.6 Å². The van der Waals surface area contributed by atoms with Gasteiger partial charge in [0.05, 0.1) is 6.61 Å². The standard InChI is InChI=1S/C26H29N6O3.3CH3.Sn/c1-5-34-24(33)16-35-26-22(23(14-17(2)3)29-32(26)4)15-18-10-12-19(13-11-18)20-8-6-7-9-21(20)25-27-30-31-28-25;;;;/h6-13,17H,5,14-16H2,1-4H3;3*1H3;/q-1;;;;+1. The van der Waals surface area contributed by atoms with Crippen LogP contribution in [0.4, 0.5) is 0 Å². The Bertz CT molecular complexity index is 1420. The quantitative estimate of drug-likeness (QED) is 0.166. The third kappa shape index (κ3) is 6.87. The van der Waals surface area contributed by atoms with Crippen molar-refractivity contribution in [2.75, 3.05) is 13.2 Å². The molecule has 0 saturated carbocycles. The first kappa shape index (κ1) is 28.8. The van der Waals surface area contributed by atoms with Gasteiger partial charge in [0.15, 0.2) is 6.61 Å². The number of benzene rings is 2. The van der Waals surface area contributed by atoms with Crippen molar-refractivity contribution in [1.82, 2.24) is 28.2 Å². The van der Waals surface area contributed by atoms with Gasteiger partial charge in [0.1, 0.15) is 0 Å². The van der Waals surface area contributed by atoms with Crippen molar-refractivity contribution < 1.29 is 14.3 Å². The summed E-state index contributed by atoms with van der Waals surface area (Å²) in [5, 5.41) is 17.5. The van der Waals surface area contributed by atoms with Crippen LogP contribution >= 0.6 is 0 Å². The van der Waals surface area contributed by atoms with E-state index in [1.54, 1.807) is 11.6 Å². The number of carbonyl (C=O) groups excluding carboxylic acids is 1. The molecule has 2 aromatic heterocycles. The van der Waals surface area contributed by atoms with Gasteiger partial charge < -0.3 is 4.74 Å². The fourth-order valence-electron chi connectivity index (χ4n) is 4.59. The smallest absolute Gasteiger partial charge is 0.0624 e. The minimum Gasteiger partial charge on any atom is -0.0624 e. The number of tetrazole rings is 1. The van der Waals surface area contributed by atoms with Crippen molar-refractivity contribution >= 4 is 24.6 Å². The number of ether oxygens (including phenoxy) is 2. The van der Waals surface area contributed by atoms with E-state index in [0.29, 0.717) is 24.8 Å². The zero-order valence-corrected chi connectivity index (χ0v) is 26.8. The van der Waals surface area contributed by atoms with Crippen molar-refractivity contribution in [2.24, 2.45) is 13.0 Å². The summed E-state index contributed by atoms with van der Waals surface area (Å²) in [5.74, 6) is 1.48. The maximum atomic E-state index is 12.0. The van der Waals surface area contributed by atoms with E-state index in [4.69, 9.17) is 14.6 Å². The zero-order chi connectivity index (χ0) is 28.2. The van der Waals surface area contributed by atoms with Crippen molar-refractivity contribution in [3.05, 3.63) is 65.4 Å². The van der Waals surface area contributed by atoms with E-state index >= 15 is 0 Å². The van der Waals surface area contributed by atoms with Gasteiger partial charge in [-0.15, -0.1) is 0 Å². The molecule has 10 heteroatoms. The summed E-state index contributed by atoms with van der Waals surface area (Å²) in [5.41, 5.74) is 6.34. The van der Waals surface area contributed by atoms with Gasteiger partial charge in [-0.3, -0.25) is 0 Å². The summed E-state index contributed by atoms with van der Waals surface area (Å²) in [4.78, 5) is 18.8. The molecule has 0 radical (unpaired) electrons. The molecular weight excluding hydrogens is 599 g/mol. The van der Waals surface area contributed by atoms with Crippen LogP contribution in [0.5, 0.6) is 5.88 Å². The number of hydrogen-bond donors (Lipinski definition) is 0. The van der Waals surface area contributed by atoms with Gasteiger partial charge in [-0.25, -0.2) is 4.79 Å². The van der Waals surface area contributed by atoms with Crippen molar-refractivity contribution in [1.29, 1.82) is 0 Å². The van der Waals surface area contributed by atoms with E-state index in [2.05, 4.69) is 83.5 Å². The summed E-state index contributed by atoms with van der Waals surface area (Å²) in [6.07, 6.45) is 1.47. The summed E-state index contributed by atoms with van der Waals surface area (Å²) < 4.78 is 14.8. The van der Waals surface area contributed by atoms with E-state index in [9.17, 15) is 4.79 Å². The second kappa shape index (κ2) is 12.3. The van der Waals surface area contributed by atoms with Crippen LogP contribution in [0.1, 0.15) is 37.6 Å². The Morgan fingerprint density at radius 2 is 1.72 bits per heavy atom. The second-order valence-corrected chi connectivity index (χ2v) is 24.7. The summed E-state index contributed by atoms with van der Waals surface area (Å²) >= 11 is -2.58. The Morgan fingerprint density at radius 3 is 2.36 bits per heavy atom. The number of aromatic nitrogens is 6. The summed E-state index contributed by atoms with van der Waals surface area (Å²) in [7, 11) is 1.85. The first-order valence-corrected chi connectivity index (χ1v) is 23.2. The van der Waals surface area contributed by atoms with E-state index in [1.807, 2.05) is 19.2 Å². The van der Waals surface area contributed by atoms with Gasteiger partial charge in [-0.05, 0) is 12.8 Å². The van der Waals surface area contributed by atoms with Gasteiger partial charge in [-0.1, -0.05) is 13.8 Å². The van der Waals surface area contributed by atoms with Crippen LogP contribution in [-0.4, -0.2) is 66.0 Å². The molecule has 2 aromatic carbocycles. The SMILES string of the molecule is CCOC(=O)COc1c(Cc2ccc(-c3ccccc3-c3nnn[n]3[Sn]([CH3])([CH3])[CH3])cc2)c(CC(C)C)nn1C. The molecule has 0 bridgehead atoms. The molecule has 0 unspecified atom stereocenters. The van der Waals surface area contributed by atoms with Gasteiger partial charge >= 0.3 is 179 Å². The molecule has 0 aliphatic carbocycles. The van der Waals surface area contributed by atoms with E-state index in [0.717, 1.165) is 45.8 Å². The van der Waals surface area contributed by atoms with Crippen LogP contribution in [0.2, 0.25) is 14.8 Å². The van der Waals surface area contributed by atoms with Gasteiger partial charge in [0.2, 0.25) is 0 Å². The monoisotopic (exact) mass is 638 g/mol. The molecular formula is C29H38N6O3Sn.